The van der Waals surface area contributed by atoms with Gasteiger partial charge in [0, 0.05) is 32.8 Å². The topological polar surface area (TPSA) is 115 Å². The lowest BCUT2D eigenvalue weighted by molar-refractivity contribution is -0.123. The van der Waals surface area contributed by atoms with Gasteiger partial charge in [-0.25, -0.2) is 10.4 Å². The van der Waals surface area contributed by atoms with E-state index >= 15 is 0 Å². The number of pyridine rings is 1. The molecular formula is C26H23BrCl2N4O5. The van der Waals surface area contributed by atoms with Crippen LogP contribution in [-0.4, -0.2) is 37.9 Å². The summed E-state index contributed by atoms with van der Waals surface area (Å²) in [6.07, 6.45) is 1.44. The Kier molecular flexibility index (Phi) is 10.7. The van der Waals surface area contributed by atoms with E-state index in [1.807, 2.05) is 0 Å². The number of hydrazone groups is 1. The molecule has 1 heterocycles. The lowest BCUT2D eigenvalue weighted by Gasteiger charge is -2.13. The minimum Gasteiger partial charge on any atom is -0.493 e. The number of hydrogen-bond donors (Lipinski definition) is 1. The number of ether oxygens (including phenoxy) is 4. The van der Waals surface area contributed by atoms with Gasteiger partial charge in [-0.15, -0.1) is 0 Å². The highest BCUT2D eigenvalue weighted by Crippen LogP contribution is 2.31. The van der Waals surface area contributed by atoms with E-state index in [9.17, 15) is 10.1 Å². The van der Waals surface area contributed by atoms with Crippen LogP contribution in [0.2, 0.25) is 10.0 Å². The predicted octanol–water partition coefficient (Wildman–Crippen LogP) is 5.59. The van der Waals surface area contributed by atoms with Crippen LogP contribution in [0, 0.1) is 18.3 Å². The Hall–Kier alpha value is -3.36. The fraction of sp³-hybridized carbons (Fsp3) is 0.231. The highest BCUT2D eigenvalue weighted by atomic mass is 79.9. The Bertz CT molecular complexity index is 1400. The van der Waals surface area contributed by atoms with E-state index in [0.717, 1.165) is 5.56 Å². The quantitative estimate of drug-likeness (QED) is 0.219. The molecule has 0 unspecified atom stereocenters. The van der Waals surface area contributed by atoms with Crippen LogP contribution in [0.25, 0.3) is 0 Å². The summed E-state index contributed by atoms with van der Waals surface area (Å²) in [5.74, 6) is 0.486. The summed E-state index contributed by atoms with van der Waals surface area (Å²) in [6.45, 7) is 1.76. The van der Waals surface area contributed by atoms with E-state index in [1.54, 1.807) is 43.3 Å². The summed E-state index contributed by atoms with van der Waals surface area (Å²) in [7, 11) is 3.03. The van der Waals surface area contributed by atoms with E-state index < -0.39 is 12.5 Å². The average Bonchev–Trinajstić information content (AvgIpc) is 2.90. The second kappa shape index (κ2) is 14.0. The van der Waals surface area contributed by atoms with Gasteiger partial charge in [-0.1, -0.05) is 29.3 Å². The van der Waals surface area contributed by atoms with Gasteiger partial charge in [-0.2, -0.15) is 10.4 Å². The van der Waals surface area contributed by atoms with Gasteiger partial charge in [0.25, 0.3) is 5.91 Å². The Morgan fingerprint density at radius 3 is 2.63 bits per heavy atom. The summed E-state index contributed by atoms with van der Waals surface area (Å²) < 4.78 is 22.6. The highest BCUT2D eigenvalue weighted by Gasteiger charge is 2.18. The zero-order valence-corrected chi connectivity index (χ0v) is 23.8. The molecule has 0 fully saturated rings. The van der Waals surface area contributed by atoms with Crippen molar-refractivity contribution in [1.82, 2.24) is 10.4 Å². The van der Waals surface area contributed by atoms with Crippen LogP contribution >= 0.6 is 39.1 Å². The summed E-state index contributed by atoms with van der Waals surface area (Å²) in [5.41, 5.74) is 5.19. The van der Waals surface area contributed by atoms with Crippen molar-refractivity contribution in [3.63, 3.8) is 0 Å². The number of methoxy groups -OCH3 is 2. The maximum Gasteiger partial charge on any atom is 0.278 e. The molecule has 0 saturated heterocycles. The maximum atomic E-state index is 12.3. The van der Waals surface area contributed by atoms with Gasteiger partial charge in [-0.05, 0) is 58.7 Å². The number of nitriles is 1. The molecule has 1 amide bonds. The van der Waals surface area contributed by atoms with Gasteiger partial charge in [-0.3, -0.25) is 4.79 Å². The molecular weight excluding hydrogens is 599 g/mol. The number of rotatable bonds is 11. The van der Waals surface area contributed by atoms with Crippen molar-refractivity contribution in [2.45, 2.75) is 20.1 Å². The van der Waals surface area contributed by atoms with Crippen LogP contribution < -0.4 is 19.6 Å². The van der Waals surface area contributed by atoms with Gasteiger partial charge in [0.2, 0.25) is 5.88 Å². The minimum atomic E-state index is -0.535. The Labute approximate surface area is 238 Å². The number of aromatic nitrogens is 1. The molecule has 3 aromatic rings. The zero-order chi connectivity index (χ0) is 27.7. The third kappa shape index (κ3) is 7.58. The van der Waals surface area contributed by atoms with E-state index in [4.69, 9.17) is 42.1 Å². The molecule has 12 heteroatoms. The molecule has 1 aromatic heterocycles. The van der Waals surface area contributed by atoms with Gasteiger partial charge < -0.3 is 18.9 Å². The number of aryl methyl sites for hydroxylation is 1. The first-order chi connectivity index (χ1) is 18.3. The molecule has 9 nitrogen and oxygen atoms in total. The molecule has 1 N–H and O–H groups in total. The van der Waals surface area contributed by atoms with E-state index in [1.165, 1.54) is 20.4 Å². The molecule has 0 saturated carbocycles. The Morgan fingerprint density at radius 1 is 1.16 bits per heavy atom. The summed E-state index contributed by atoms with van der Waals surface area (Å²) in [4.78, 5) is 16.5. The lowest BCUT2D eigenvalue weighted by atomic mass is 10.1. The number of halogens is 3. The third-order valence-corrected chi connectivity index (χ3v) is 6.74. The zero-order valence-electron chi connectivity index (χ0n) is 20.7. The lowest BCUT2D eigenvalue weighted by Crippen LogP contribution is -2.25. The summed E-state index contributed by atoms with van der Waals surface area (Å²) in [5, 5.41) is 14.5. The first-order valence-electron chi connectivity index (χ1n) is 11.0. The molecule has 0 aliphatic carbocycles. The van der Waals surface area contributed by atoms with Crippen LogP contribution in [0.1, 0.15) is 27.9 Å². The monoisotopic (exact) mass is 620 g/mol. The molecule has 0 spiro atoms. The maximum absolute atomic E-state index is 12.3. The Balaban J connectivity index is 1.60. The molecule has 0 aliphatic heterocycles. The second-order valence-corrected chi connectivity index (χ2v) is 9.37. The van der Waals surface area contributed by atoms with Crippen LogP contribution in [0.3, 0.4) is 0 Å². The molecule has 0 atom stereocenters. The van der Waals surface area contributed by atoms with Gasteiger partial charge >= 0.3 is 0 Å². The first kappa shape index (κ1) is 29.2. The molecule has 3 rings (SSSR count). The fourth-order valence-electron chi connectivity index (χ4n) is 3.24. The van der Waals surface area contributed by atoms with Crippen LogP contribution in [-0.2, 0) is 22.7 Å². The number of nitrogens with zero attached hydrogens (tertiary/aromatic N) is 3. The van der Waals surface area contributed by atoms with Crippen molar-refractivity contribution in [2.24, 2.45) is 5.10 Å². The Morgan fingerprint density at radius 2 is 1.95 bits per heavy atom. The van der Waals surface area contributed by atoms with E-state index in [2.05, 4.69) is 37.5 Å². The van der Waals surface area contributed by atoms with Crippen LogP contribution in [0.15, 0.2) is 46.0 Å². The standard InChI is InChI=1S/C26H23BrCl2N4O5/c1-15-25(27)20(13-35-2)19(10-30)26(32-15)38-14-24(34)33-31-11-16-4-7-22(23(8-16)36-3)37-12-17-5-6-18(28)9-21(17)29/h4-9,11H,12-14H2,1-3H3,(H,33,34). The van der Waals surface area contributed by atoms with Crippen molar-refractivity contribution >= 4 is 51.3 Å². The molecule has 2 aromatic carbocycles. The molecule has 0 bridgehead atoms. The number of nitrogens with one attached hydrogen (secondary N) is 1. The molecule has 0 radical (unpaired) electrons. The van der Waals surface area contributed by atoms with Crippen LogP contribution in [0.4, 0.5) is 0 Å². The van der Waals surface area contributed by atoms with Crippen LogP contribution in [0.5, 0.6) is 17.4 Å². The van der Waals surface area contributed by atoms with E-state index in [0.29, 0.717) is 42.8 Å². The van der Waals surface area contributed by atoms with Gasteiger partial charge in [0.1, 0.15) is 18.2 Å². The predicted molar refractivity (Wildman–Crippen MR) is 147 cm³/mol. The largest absolute Gasteiger partial charge is 0.493 e. The van der Waals surface area contributed by atoms with Crippen molar-refractivity contribution in [1.29, 1.82) is 5.26 Å². The average molecular weight is 622 g/mol. The highest BCUT2D eigenvalue weighted by molar-refractivity contribution is 9.10. The first-order valence-corrected chi connectivity index (χ1v) is 12.6. The third-order valence-electron chi connectivity index (χ3n) is 5.10. The number of hydrogen-bond acceptors (Lipinski definition) is 8. The number of carbonyl (C=O) groups excluding carboxylic acids is 1. The fourth-order valence-corrected chi connectivity index (χ4v) is 4.10. The SMILES string of the molecule is COCc1c(Br)c(C)nc(OCC(=O)NN=Cc2ccc(OCc3ccc(Cl)cc3Cl)c(OC)c2)c1C#N. The van der Waals surface area contributed by atoms with Gasteiger partial charge in [0.15, 0.2) is 18.1 Å². The number of carbonyl (C=O) groups is 1. The minimum absolute atomic E-state index is 0.0413. The molecule has 198 valence electrons. The second-order valence-electron chi connectivity index (χ2n) is 7.73. The number of benzene rings is 2. The molecule has 0 aliphatic rings. The van der Waals surface area contributed by atoms with Crippen molar-refractivity contribution < 1.29 is 23.7 Å². The smallest absolute Gasteiger partial charge is 0.278 e. The molecule has 38 heavy (non-hydrogen) atoms. The summed E-state index contributed by atoms with van der Waals surface area (Å²) in [6, 6.07) is 12.4. The van der Waals surface area contributed by atoms with Crippen molar-refractivity contribution in [3.8, 4) is 23.4 Å². The normalized spacial score (nSPS) is 10.8. The van der Waals surface area contributed by atoms with Gasteiger partial charge in [0.05, 0.1) is 25.6 Å². The summed E-state index contributed by atoms with van der Waals surface area (Å²) >= 11 is 15.5. The van der Waals surface area contributed by atoms with E-state index in [-0.39, 0.29) is 24.7 Å². The number of amides is 1. The van der Waals surface area contributed by atoms with Crippen molar-refractivity contribution in [2.75, 3.05) is 20.8 Å². The van der Waals surface area contributed by atoms with Crippen molar-refractivity contribution in [3.05, 3.63) is 78.9 Å².